The zero-order valence-corrected chi connectivity index (χ0v) is 21.8. The summed E-state index contributed by atoms with van der Waals surface area (Å²) >= 11 is 0. The number of aryl methyl sites for hydroxylation is 2. The van der Waals surface area contributed by atoms with Gasteiger partial charge in [-0.1, -0.05) is 85.2 Å². The molecular formula is C30H44N2O. The number of likely N-dealkylation sites (N-methyl/N-ethyl adjacent to an activating group) is 1. The van der Waals surface area contributed by atoms with Gasteiger partial charge in [0.1, 0.15) is 0 Å². The molecule has 1 N–H and O–H groups in total. The Morgan fingerprint density at radius 3 is 1.91 bits per heavy atom. The average Bonchev–Trinajstić information content (AvgIpc) is 2.77. The Balaban J connectivity index is 2.01. The molecule has 3 nitrogen and oxygen atoms in total. The maximum atomic E-state index is 13.1. The second-order valence-corrected chi connectivity index (χ2v) is 10.2. The van der Waals surface area contributed by atoms with E-state index >= 15 is 0 Å². The fourth-order valence-electron chi connectivity index (χ4n) is 4.15. The van der Waals surface area contributed by atoms with Crippen LogP contribution in [0, 0.1) is 19.8 Å². The van der Waals surface area contributed by atoms with Gasteiger partial charge in [0.05, 0.1) is 6.04 Å². The quantitative estimate of drug-likeness (QED) is 0.291. The van der Waals surface area contributed by atoms with Crippen LogP contribution in [-0.4, -0.2) is 37.0 Å². The van der Waals surface area contributed by atoms with Gasteiger partial charge in [0.15, 0.2) is 0 Å². The van der Waals surface area contributed by atoms with Crippen LogP contribution in [0.1, 0.15) is 75.1 Å². The molecule has 0 spiro atoms. The maximum Gasteiger partial charge on any atom is 0.237 e. The van der Waals surface area contributed by atoms with Gasteiger partial charge in [-0.15, -0.1) is 0 Å². The predicted molar refractivity (Wildman–Crippen MR) is 142 cm³/mol. The second-order valence-electron chi connectivity index (χ2n) is 10.2. The van der Waals surface area contributed by atoms with E-state index in [0.29, 0.717) is 18.4 Å². The number of amides is 1. The van der Waals surface area contributed by atoms with Crippen molar-refractivity contribution < 1.29 is 4.79 Å². The summed E-state index contributed by atoms with van der Waals surface area (Å²) in [5.41, 5.74) is 6.53. The van der Waals surface area contributed by atoms with Crippen molar-refractivity contribution >= 4 is 5.91 Å². The first-order valence-corrected chi connectivity index (χ1v) is 12.4. The molecule has 180 valence electrons. The molecule has 0 saturated heterocycles. The molecule has 0 bridgehead atoms. The number of hydrogen-bond donors (Lipinski definition) is 1. The summed E-state index contributed by atoms with van der Waals surface area (Å²) in [6.07, 6.45) is 5.02. The van der Waals surface area contributed by atoms with Gasteiger partial charge in [0, 0.05) is 19.0 Å². The van der Waals surface area contributed by atoms with Crippen molar-refractivity contribution in [3.8, 4) is 0 Å². The Morgan fingerprint density at radius 2 is 1.45 bits per heavy atom. The number of nitrogens with one attached hydrogen (secondary N) is 1. The number of allylic oxidation sites excluding steroid dienone is 1. The molecule has 1 atom stereocenters. The van der Waals surface area contributed by atoms with E-state index in [1.54, 1.807) is 0 Å². The third kappa shape index (κ3) is 9.17. The molecule has 2 rings (SSSR count). The lowest BCUT2D eigenvalue weighted by Gasteiger charge is -2.28. The molecule has 0 aromatic heterocycles. The highest BCUT2D eigenvalue weighted by Crippen LogP contribution is 2.29. The molecule has 0 fully saturated rings. The fourth-order valence-corrected chi connectivity index (χ4v) is 4.15. The zero-order valence-electron chi connectivity index (χ0n) is 21.8. The highest BCUT2D eigenvalue weighted by atomic mass is 16.2. The van der Waals surface area contributed by atoms with Crippen molar-refractivity contribution in [2.45, 2.75) is 72.8 Å². The Kier molecular flexibility index (Phi) is 10.9. The van der Waals surface area contributed by atoms with Gasteiger partial charge < -0.3 is 5.32 Å². The molecule has 0 aliphatic heterocycles. The lowest BCUT2D eigenvalue weighted by Crippen LogP contribution is -2.46. The van der Waals surface area contributed by atoms with Crippen molar-refractivity contribution in [2.75, 3.05) is 20.1 Å². The van der Waals surface area contributed by atoms with Gasteiger partial charge in [0.25, 0.3) is 0 Å². The van der Waals surface area contributed by atoms with E-state index < -0.39 is 0 Å². The molecular weight excluding hydrogens is 404 g/mol. The summed E-state index contributed by atoms with van der Waals surface area (Å²) < 4.78 is 0. The van der Waals surface area contributed by atoms with Crippen molar-refractivity contribution in [3.05, 3.63) is 82.4 Å². The summed E-state index contributed by atoms with van der Waals surface area (Å²) in [5.74, 6) is 0.966. The maximum absolute atomic E-state index is 13.1. The van der Waals surface area contributed by atoms with Crippen LogP contribution in [-0.2, 0) is 4.79 Å². The Labute approximate surface area is 202 Å². The summed E-state index contributed by atoms with van der Waals surface area (Å²) in [5, 5.41) is 3.23. The first kappa shape index (κ1) is 26.9. The van der Waals surface area contributed by atoms with Crippen molar-refractivity contribution in [2.24, 2.45) is 5.92 Å². The minimum absolute atomic E-state index is 0.0920. The van der Waals surface area contributed by atoms with Gasteiger partial charge in [0.2, 0.25) is 5.91 Å². The number of rotatable bonds is 12. The highest BCUT2D eigenvalue weighted by molar-refractivity contribution is 5.81. The van der Waals surface area contributed by atoms with E-state index in [-0.39, 0.29) is 11.9 Å². The van der Waals surface area contributed by atoms with Crippen molar-refractivity contribution in [1.82, 2.24) is 10.2 Å². The molecule has 0 aliphatic rings. The predicted octanol–water partition coefficient (Wildman–Crippen LogP) is 6.64. The number of nitrogens with zero attached hydrogens (tertiary/aromatic N) is 1. The zero-order chi connectivity index (χ0) is 24.4. The molecule has 0 aliphatic carbocycles. The minimum atomic E-state index is -0.0920. The van der Waals surface area contributed by atoms with Gasteiger partial charge in [-0.05, 0) is 71.0 Å². The smallest absolute Gasteiger partial charge is 0.237 e. The molecule has 0 heterocycles. The molecule has 33 heavy (non-hydrogen) atoms. The number of carbonyl (C=O) groups excluding carboxylic acids is 1. The van der Waals surface area contributed by atoms with Crippen LogP contribution in [0.15, 0.2) is 60.2 Å². The Morgan fingerprint density at radius 1 is 0.939 bits per heavy atom. The lowest BCUT2D eigenvalue weighted by molar-refractivity contribution is -0.126. The van der Waals surface area contributed by atoms with Crippen LogP contribution < -0.4 is 5.32 Å². The normalized spacial score (nSPS) is 12.3. The van der Waals surface area contributed by atoms with E-state index in [1.165, 1.54) is 27.8 Å². The largest absolute Gasteiger partial charge is 0.355 e. The van der Waals surface area contributed by atoms with Crippen LogP contribution in [0.25, 0.3) is 0 Å². The highest BCUT2D eigenvalue weighted by Gasteiger charge is 2.23. The second kappa shape index (κ2) is 13.3. The van der Waals surface area contributed by atoms with Gasteiger partial charge in [-0.2, -0.15) is 0 Å². The van der Waals surface area contributed by atoms with E-state index in [2.05, 4.69) is 113 Å². The molecule has 0 radical (unpaired) electrons. The van der Waals surface area contributed by atoms with Crippen molar-refractivity contribution in [1.29, 1.82) is 0 Å². The molecule has 0 unspecified atom stereocenters. The molecule has 2 aromatic carbocycles. The van der Waals surface area contributed by atoms with Gasteiger partial charge in [-0.25, -0.2) is 0 Å². The van der Waals surface area contributed by atoms with E-state index in [4.69, 9.17) is 0 Å². The SMILES string of the molecule is CC(C)=CCN(C)[C@@H](CC(C)C)C(=O)NCCCC(c1ccc(C)cc1)c1ccc(C)cc1. The third-order valence-electron chi connectivity index (χ3n) is 6.25. The standard InChI is InChI=1S/C30H44N2O/c1-22(2)18-20-32(7)29(21-23(3)4)30(33)31-19-8-9-28(26-14-10-24(5)11-15-26)27-16-12-25(6)13-17-27/h10-18,23,28-29H,8-9,19-21H2,1-7H3,(H,31,33)/t29-/m0/s1. The molecule has 0 saturated carbocycles. The molecule has 3 heteroatoms. The summed E-state index contributed by atoms with van der Waals surface area (Å²) in [7, 11) is 2.05. The Bertz CT molecular complexity index is 831. The summed E-state index contributed by atoms with van der Waals surface area (Å²) in [6.45, 7) is 14.3. The van der Waals surface area contributed by atoms with Gasteiger partial charge >= 0.3 is 0 Å². The van der Waals surface area contributed by atoms with Crippen LogP contribution in [0.4, 0.5) is 0 Å². The number of carbonyl (C=O) groups is 1. The minimum Gasteiger partial charge on any atom is -0.355 e. The Hall–Kier alpha value is -2.39. The van der Waals surface area contributed by atoms with Gasteiger partial charge in [-0.3, -0.25) is 9.69 Å². The topological polar surface area (TPSA) is 32.3 Å². The first-order chi connectivity index (χ1) is 15.7. The van der Waals surface area contributed by atoms with Crippen molar-refractivity contribution in [3.63, 3.8) is 0 Å². The summed E-state index contributed by atoms with van der Waals surface area (Å²) in [4.78, 5) is 15.2. The monoisotopic (exact) mass is 448 g/mol. The molecule has 2 aromatic rings. The number of hydrogen-bond acceptors (Lipinski definition) is 2. The first-order valence-electron chi connectivity index (χ1n) is 12.4. The summed E-state index contributed by atoms with van der Waals surface area (Å²) in [6, 6.07) is 17.7. The van der Waals surface area contributed by atoms with E-state index in [9.17, 15) is 4.79 Å². The van der Waals surface area contributed by atoms with E-state index in [0.717, 1.165) is 25.8 Å². The van der Waals surface area contributed by atoms with Crippen LogP contribution >= 0.6 is 0 Å². The van der Waals surface area contributed by atoms with Crippen LogP contribution in [0.3, 0.4) is 0 Å². The lowest BCUT2D eigenvalue weighted by atomic mass is 9.87. The van der Waals surface area contributed by atoms with E-state index in [1.807, 2.05) is 0 Å². The molecule has 1 amide bonds. The van der Waals surface area contributed by atoms with Crippen LogP contribution in [0.2, 0.25) is 0 Å². The third-order valence-corrected chi connectivity index (χ3v) is 6.25. The van der Waals surface area contributed by atoms with Crippen LogP contribution in [0.5, 0.6) is 0 Å². The fraction of sp³-hybridized carbons (Fsp3) is 0.500. The number of benzene rings is 2. The average molecular weight is 449 g/mol.